The Labute approximate surface area is 194 Å². The van der Waals surface area contributed by atoms with E-state index in [2.05, 4.69) is 10.4 Å². The zero-order valence-corrected chi connectivity index (χ0v) is 19.7. The van der Waals surface area contributed by atoms with Crippen LogP contribution in [-0.4, -0.2) is 37.5 Å². The molecule has 0 spiro atoms. The van der Waals surface area contributed by atoms with Gasteiger partial charge in [-0.3, -0.25) is 18.8 Å². The van der Waals surface area contributed by atoms with Crippen LogP contribution in [0.1, 0.15) is 23.1 Å². The Bertz CT molecular complexity index is 1260. The SMILES string of the molecule is CCn1nc(C)c2nc(SCC(=O)NCCc3ccccc3)n(Cc3cccs3)c(=O)c21. The van der Waals surface area contributed by atoms with E-state index in [4.69, 9.17) is 4.98 Å². The van der Waals surface area contributed by atoms with Gasteiger partial charge in [-0.05, 0) is 37.3 Å². The maximum Gasteiger partial charge on any atom is 0.280 e. The maximum absolute atomic E-state index is 13.4. The highest BCUT2D eigenvalue weighted by Gasteiger charge is 2.19. The van der Waals surface area contributed by atoms with E-state index in [0.29, 0.717) is 35.8 Å². The predicted molar refractivity (Wildman–Crippen MR) is 129 cm³/mol. The van der Waals surface area contributed by atoms with Crippen LogP contribution in [0, 0.1) is 6.92 Å². The minimum atomic E-state index is -0.127. The fourth-order valence-electron chi connectivity index (χ4n) is 3.50. The van der Waals surface area contributed by atoms with Crippen molar-refractivity contribution in [3.8, 4) is 0 Å². The van der Waals surface area contributed by atoms with E-state index in [1.807, 2.05) is 61.7 Å². The summed E-state index contributed by atoms with van der Waals surface area (Å²) in [5.41, 5.74) is 2.89. The molecule has 166 valence electrons. The topological polar surface area (TPSA) is 81.8 Å². The molecule has 3 heterocycles. The average Bonchev–Trinajstić information content (AvgIpc) is 3.43. The smallest absolute Gasteiger partial charge is 0.280 e. The van der Waals surface area contributed by atoms with Gasteiger partial charge >= 0.3 is 0 Å². The molecule has 1 amide bonds. The number of thiophene rings is 1. The molecular weight excluding hydrogens is 442 g/mol. The molecule has 7 nitrogen and oxygen atoms in total. The van der Waals surface area contributed by atoms with Crippen molar-refractivity contribution in [2.75, 3.05) is 12.3 Å². The molecule has 0 atom stereocenters. The highest BCUT2D eigenvalue weighted by Crippen LogP contribution is 2.22. The van der Waals surface area contributed by atoms with Crippen LogP contribution in [0.4, 0.5) is 0 Å². The van der Waals surface area contributed by atoms with Crippen molar-refractivity contribution in [3.63, 3.8) is 0 Å². The molecule has 9 heteroatoms. The number of carbonyl (C=O) groups is 1. The second-order valence-electron chi connectivity index (χ2n) is 7.34. The molecule has 4 aromatic rings. The lowest BCUT2D eigenvalue weighted by Gasteiger charge is -2.12. The Morgan fingerprint density at radius 2 is 2.00 bits per heavy atom. The first kappa shape index (κ1) is 22.3. The minimum Gasteiger partial charge on any atom is -0.355 e. The fourth-order valence-corrected chi connectivity index (χ4v) is 5.01. The summed E-state index contributed by atoms with van der Waals surface area (Å²) in [5, 5.41) is 9.94. The van der Waals surface area contributed by atoms with Gasteiger partial charge in [-0.2, -0.15) is 5.10 Å². The van der Waals surface area contributed by atoms with Crippen LogP contribution in [0.25, 0.3) is 11.0 Å². The number of aryl methyl sites for hydroxylation is 2. The lowest BCUT2D eigenvalue weighted by Crippen LogP contribution is -2.29. The van der Waals surface area contributed by atoms with Gasteiger partial charge in [0.15, 0.2) is 10.7 Å². The number of nitrogens with one attached hydrogen (secondary N) is 1. The van der Waals surface area contributed by atoms with Gasteiger partial charge < -0.3 is 5.32 Å². The van der Waals surface area contributed by atoms with Gasteiger partial charge in [0, 0.05) is 18.0 Å². The van der Waals surface area contributed by atoms with E-state index >= 15 is 0 Å². The van der Waals surface area contributed by atoms with Crippen LogP contribution in [0.3, 0.4) is 0 Å². The molecule has 0 aliphatic rings. The lowest BCUT2D eigenvalue weighted by atomic mass is 10.1. The molecule has 0 aliphatic carbocycles. The van der Waals surface area contributed by atoms with Crippen LogP contribution < -0.4 is 10.9 Å². The van der Waals surface area contributed by atoms with Crippen molar-refractivity contribution in [1.29, 1.82) is 0 Å². The standard InChI is InChI=1S/C23H25N5O2S2/c1-3-28-21-20(16(2)26-28)25-23(27(22(21)30)14-18-10-7-13-31-18)32-15-19(29)24-12-11-17-8-5-4-6-9-17/h4-10,13H,3,11-12,14-15H2,1-2H3,(H,24,29). The third-order valence-electron chi connectivity index (χ3n) is 5.09. The number of fused-ring (bicyclic) bond motifs is 1. The summed E-state index contributed by atoms with van der Waals surface area (Å²) in [5.74, 6) is 0.113. The van der Waals surface area contributed by atoms with Crippen LogP contribution in [-0.2, 0) is 24.3 Å². The number of amides is 1. The summed E-state index contributed by atoms with van der Waals surface area (Å²) >= 11 is 2.88. The number of benzene rings is 1. The number of rotatable bonds is 9. The van der Waals surface area contributed by atoms with Crippen LogP contribution in [0.5, 0.6) is 0 Å². The Kier molecular flexibility index (Phi) is 7.06. The first-order valence-corrected chi connectivity index (χ1v) is 12.4. The summed E-state index contributed by atoms with van der Waals surface area (Å²) in [7, 11) is 0. The van der Waals surface area contributed by atoms with Gasteiger partial charge in [0.05, 0.1) is 18.0 Å². The van der Waals surface area contributed by atoms with Gasteiger partial charge in [-0.25, -0.2) is 4.98 Å². The number of thioether (sulfide) groups is 1. The molecule has 0 saturated heterocycles. The molecule has 0 unspecified atom stereocenters. The number of aromatic nitrogens is 4. The van der Waals surface area contributed by atoms with Crippen molar-refractivity contribution in [2.24, 2.45) is 0 Å². The molecule has 1 N–H and O–H groups in total. The molecule has 3 aromatic heterocycles. The normalized spacial score (nSPS) is 11.2. The molecule has 0 saturated carbocycles. The largest absolute Gasteiger partial charge is 0.355 e. The van der Waals surface area contributed by atoms with Gasteiger partial charge in [-0.1, -0.05) is 48.2 Å². The van der Waals surface area contributed by atoms with Crippen molar-refractivity contribution in [2.45, 2.75) is 38.5 Å². The summed E-state index contributed by atoms with van der Waals surface area (Å²) in [6.45, 7) is 5.40. The minimum absolute atomic E-state index is 0.0797. The highest BCUT2D eigenvalue weighted by atomic mass is 32.2. The predicted octanol–water partition coefficient (Wildman–Crippen LogP) is 3.48. The summed E-state index contributed by atoms with van der Waals surface area (Å²) in [6.07, 6.45) is 0.778. The molecule has 0 bridgehead atoms. The van der Waals surface area contributed by atoms with E-state index in [0.717, 1.165) is 17.0 Å². The van der Waals surface area contributed by atoms with Crippen molar-refractivity contribution < 1.29 is 4.79 Å². The quantitative estimate of drug-likeness (QED) is 0.301. The van der Waals surface area contributed by atoms with Crippen LogP contribution in [0.15, 0.2) is 57.8 Å². The highest BCUT2D eigenvalue weighted by molar-refractivity contribution is 7.99. The first-order chi connectivity index (χ1) is 15.6. The average molecular weight is 468 g/mol. The van der Waals surface area contributed by atoms with Crippen LogP contribution >= 0.6 is 23.1 Å². The molecule has 0 fully saturated rings. The Hall–Kier alpha value is -2.91. The molecular formula is C23H25N5O2S2. The number of carbonyl (C=O) groups excluding carboxylic acids is 1. The molecule has 0 aliphatic heterocycles. The second-order valence-corrected chi connectivity index (χ2v) is 9.31. The fraction of sp³-hybridized carbons (Fsp3) is 0.304. The van der Waals surface area contributed by atoms with E-state index < -0.39 is 0 Å². The van der Waals surface area contributed by atoms with E-state index in [9.17, 15) is 9.59 Å². The zero-order valence-electron chi connectivity index (χ0n) is 18.1. The van der Waals surface area contributed by atoms with Gasteiger partial charge in [0.2, 0.25) is 5.91 Å². The van der Waals surface area contributed by atoms with E-state index in [1.54, 1.807) is 20.6 Å². The van der Waals surface area contributed by atoms with Crippen molar-refractivity contribution >= 4 is 40.0 Å². The van der Waals surface area contributed by atoms with Crippen LogP contribution in [0.2, 0.25) is 0 Å². The number of nitrogens with zero attached hydrogens (tertiary/aromatic N) is 4. The maximum atomic E-state index is 13.4. The van der Waals surface area contributed by atoms with Gasteiger partial charge in [0.1, 0.15) is 5.52 Å². The number of hydrogen-bond acceptors (Lipinski definition) is 6. The number of hydrogen-bond donors (Lipinski definition) is 1. The Balaban J connectivity index is 1.53. The monoisotopic (exact) mass is 467 g/mol. The first-order valence-electron chi connectivity index (χ1n) is 10.5. The lowest BCUT2D eigenvalue weighted by molar-refractivity contribution is -0.118. The van der Waals surface area contributed by atoms with Crippen molar-refractivity contribution in [3.05, 3.63) is 74.3 Å². The second kappa shape index (κ2) is 10.1. The molecule has 32 heavy (non-hydrogen) atoms. The zero-order chi connectivity index (χ0) is 22.5. The summed E-state index contributed by atoms with van der Waals surface area (Å²) in [4.78, 5) is 31.6. The molecule has 1 aromatic carbocycles. The Morgan fingerprint density at radius 3 is 2.72 bits per heavy atom. The summed E-state index contributed by atoms with van der Waals surface area (Å²) < 4.78 is 3.36. The van der Waals surface area contributed by atoms with Gasteiger partial charge in [0.25, 0.3) is 5.56 Å². The van der Waals surface area contributed by atoms with Crippen molar-refractivity contribution in [1.82, 2.24) is 24.6 Å². The van der Waals surface area contributed by atoms with E-state index in [-0.39, 0.29) is 17.2 Å². The third kappa shape index (κ3) is 4.94. The molecule has 0 radical (unpaired) electrons. The van der Waals surface area contributed by atoms with E-state index in [1.165, 1.54) is 17.3 Å². The Morgan fingerprint density at radius 1 is 1.19 bits per heavy atom. The van der Waals surface area contributed by atoms with Gasteiger partial charge in [-0.15, -0.1) is 11.3 Å². The third-order valence-corrected chi connectivity index (χ3v) is 6.92. The molecule has 4 rings (SSSR count). The summed E-state index contributed by atoms with van der Waals surface area (Å²) in [6, 6.07) is 14.0.